The van der Waals surface area contributed by atoms with E-state index in [2.05, 4.69) is 31.4 Å². The number of rotatable bonds is 4. The maximum absolute atomic E-state index is 5.95. The molecule has 0 saturated carbocycles. The lowest BCUT2D eigenvalue weighted by atomic mass is 10.2. The maximum Gasteiger partial charge on any atom is 0.123 e. The molecule has 1 N–H and O–H groups in total. The molecule has 106 valence electrons. The number of halogens is 2. The van der Waals surface area contributed by atoms with Crippen LogP contribution in [0.5, 0.6) is 0 Å². The maximum atomic E-state index is 5.95. The van der Waals surface area contributed by atoms with Crippen LogP contribution >= 0.6 is 27.5 Å². The molecular weight excluding hydrogens is 352 g/mol. The van der Waals surface area contributed by atoms with Gasteiger partial charge in [-0.25, -0.2) is 0 Å². The summed E-state index contributed by atoms with van der Waals surface area (Å²) < 4.78 is 2.86. The van der Waals surface area contributed by atoms with Crippen molar-refractivity contribution < 1.29 is 0 Å². The van der Waals surface area contributed by atoms with Gasteiger partial charge in [0.25, 0.3) is 0 Å². The highest BCUT2D eigenvalue weighted by molar-refractivity contribution is 9.10. The number of benzene rings is 2. The van der Waals surface area contributed by atoms with Gasteiger partial charge in [0.2, 0.25) is 0 Å². The third kappa shape index (κ3) is 3.43. The SMILES string of the molecule is Clc1ccc(CNc2cccc(-n3cnnc3)c2)c(Br)c1. The highest BCUT2D eigenvalue weighted by Gasteiger charge is 2.02. The van der Waals surface area contributed by atoms with E-state index in [9.17, 15) is 0 Å². The smallest absolute Gasteiger partial charge is 0.123 e. The summed E-state index contributed by atoms with van der Waals surface area (Å²) in [5.41, 5.74) is 3.19. The third-order valence-corrected chi connectivity index (χ3v) is 4.03. The van der Waals surface area contributed by atoms with Crippen molar-refractivity contribution >= 4 is 33.2 Å². The fourth-order valence-corrected chi connectivity index (χ4v) is 2.80. The van der Waals surface area contributed by atoms with Gasteiger partial charge in [-0.05, 0) is 35.9 Å². The zero-order chi connectivity index (χ0) is 14.7. The van der Waals surface area contributed by atoms with Crippen LogP contribution in [0.3, 0.4) is 0 Å². The van der Waals surface area contributed by atoms with Crippen molar-refractivity contribution in [3.05, 3.63) is 70.2 Å². The van der Waals surface area contributed by atoms with Gasteiger partial charge in [0, 0.05) is 21.7 Å². The lowest BCUT2D eigenvalue weighted by Gasteiger charge is -2.10. The standard InChI is InChI=1S/C15H12BrClN4/c16-15-6-12(17)5-4-11(15)8-18-13-2-1-3-14(7-13)21-9-19-20-10-21/h1-7,9-10,18H,8H2. The van der Waals surface area contributed by atoms with E-state index in [1.54, 1.807) is 12.7 Å². The molecule has 3 rings (SSSR count). The highest BCUT2D eigenvalue weighted by Crippen LogP contribution is 2.23. The first-order valence-corrected chi connectivity index (χ1v) is 7.52. The summed E-state index contributed by atoms with van der Waals surface area (Å²) in [7, 11) is 0. The Bertz CT molecular complexity index is 743. The van der Waals surface area contributed by atoms with Gasteiger partial charge in [-0.3, -0.25) is 4.57 Å². The summed E-state index contributed by atoms with van der Waals surface area (Å²) in [6.07, 6.45) is 3.35. The van der Waals surface area contributed by atoms with E-state index in [-0.39, 0.29) is 0 Å². The minimum absolute atomic E-state index is 0.712. The topological polar surface area (TPSA) is 42.7 Å². The second-order valence-corrected chi connectivity index (χ2v) is 5.80. The fourth-order valence-electron chi connectivity index (χ4n) is 1.97. The molecule has 0 aliphatic heterocycles. The molecule has 0 unspecified atom stereocenters. The van der Waals surface area contributed by atoms with Crippen LogP contribution in [0.4, 0.5) is 5.69 Å². The van der Waals surface area contributed by atoms with Crippen LogP contribution in [0.2, 0.25) is 5.02 Å². The molecule has 6 heteroatoms. The average Bonchev–Trinajstić information content (AvgIpc) is 3.01. The number of nitrogens with one attached hydrogen (secondary N) is 1. The van der Waals surface area contributed by atoms with Crippen molar-refractivity contribution in [2.45, 2.75) is 6.54 Å². The van der Waals surface area contributed by atoms with Crippen molar-refractivity contribution in [3.8, 4) is 5.69 Å². The van der Waals surface area contributed by atoms with Gasteiger partial charge >= 0.3 is 0 Å². The van der Waals surface area contributed by atoms with Gasteiger partial charge in [0.15, 0.2) is 0 Å². The van der Waals surface area contributed by atoms with Crippen molar-refractivity contribution in [2.75, 3.05) is 5.32 Å². The monoisotopic (exact) mass is 362 g/mol. The minimum Gasteiger partial charge on any atom is -0.381 e. The van der Waals surface area contributed by atoms with E-state index in [4.69, 9.17) is 11.6 Å². The van der Waals surface area contributed by atoms with Gasteiger partial charge in [-0.15, -0.1) is 10.2 Å². The van der Waals surface area contributed by atoms with Crippen LogP contribution in [0.1, 0.15) is 5.56 Å². The number of hydrogen-bond acceptors (Lipinski definition) is 3. The molecule has 0 aliphatic rings. The molecule has 3 aromatic rings. The lowest BCUT2D eigenvalue weighted by Crippen LogP contribution is -2.01. The zero-order valence-electron chi connectivity index (χ0n) is 11.0. The fraction of sp³-hybridized carbons (Fsp3) is 0.0667. The third-order valence-electron chi connectivity index (χ3n) is 3.06. The van der Waals surface area contributed by atoms with Gasteiger partial charge < -0.3 is 5.32 Å². The second-order valence-electron chi connectivity index (χ2n) is 4.51. The second kappa shape index (κ2) is 6.28. The van der Waals surface area contributed by atoms with Crippen molar-refractivity contribution in [2.24, 2.45) is 0 Å². The Balaban J connectivity index is 1.75. The molecule has 0 bridgehead atoms. The van der Waals surface area contributed by atoms with Crippen LogP contribution < -0.4 is 5.32 Å². The summed E-state index contributed by atoms with van der Waals surface area (Å²) in [5, 5.41) is 11.7. The molecule has 1 heterocycles. The number of anilines is 1. The van der Waals surface area contributed by atoms with Gasteiger partial charge in [0.1, 0.15) is 12.7 Å². The molecule has 21 heavy (non-hydrogen) atoms. The first-order chi connectivity index (χ1) is 10.2. The van der Waals surface area contributed by atoms with E-state index < -0.39 is 0 Å². The Morgan fingerprint density at radius 3 is 2.67 bits per heavy atom. The molecule has 0 saturated heterocycles. The van der Waals surface area contributed by atoms with Crippen molar-refractivity contribution in [3.63, 3.8) is 0 Å². The van der Waals surface area contributed by atoms with E-state index in [1.807, 2.05) is 47.0 Å². The van der Waals surface area contributed by atoms with Crippen molar-refractivity contribution in [1.29, 1.82) is 0 Å². The quantitative estimate of drug-likeness (QED) is 0.751. The summed E-state index contributed by atoms with van der Waals surface area (Å²) in [5.74, 6) is 0. The van der Waals surface area contributed by atoms with E-state index in [1.165, 1.54) is 0 Å². The predicted molar refractivity (Wildman–Crippen MR) is 87.8 cm³/mol. The Hall–Kier alpha value is -1.85. The van der Waals surface area contributed by atoms with E-state index >= 15 is 0 Å². The van der Waals surface area contributed by atoms with E-state index in [0.717, 1.165) is 26.4 Å². The molecule has 0 spiro atoms. The predicted octanol–water partition coefficient (Wildman–Crippen LogP) is 4.30. The normalized spacial score (nSPS) is 10.6. The Labute approximate surface area is 135 Å². The molecule has 0 atom stereocenters. The largest absolute Gasteiger partial charge is 0.381 e. The van der Waals surface area contributed by atoms with Gasteiger partial charge in [-0.2, -0.15) is 0 Å². The van der Waals surface area contributed by atoms with Crippen LogP contribution in [0, 0.1) is 0 Å². The highest BCUT2D eigenvalue weighted by atomic mass is 79.9. The molecule has 0 amide bonds. The Morgan fingerprint density at radius 1 is 1.10 bits per heavy atom. The number of aromatic nitrogens is 3. The molecule has 0 radical (unpaired) electrons. The first kappa shape index (κ1) is 14.1. The molecule has 0 fully saturated rings. The molecular formula is C15H12BrClN4. The van der Waals surface area contributed by atoms with Gasteiger partial charge in [0.05, 0.1) is 5.69 Å². The van der Waals surface area contributed by atoms with Crippen molar-refractivity contribution in [1.82, 2.24) is 14.8 Å². The molecule has 4 nitrogen and oxygen atoms in total. The Morgan fingerprint density at radius 2 is 1.90 bits per heavy atom. The summed E-state index contributed by atoms with van der Waals surface area (Å²) in [4.78, 5) is 0. The zero-order valence-corrected chi connectivity index (χ0v) is 13.3. The lowest BCUT2D eigenvalue weighted by molar-refractivity contribution is 1.05. The number of hydrogen-bond donors (Lipinski definition) is 1. The van der Waals surface area contributed by atoms with Crippen LogP contribution in [-0.2, 0) is 6.54 Å². The number of nitrogens with zero attached hydrogens (tertiary/aromatic N) is 3. The van der Waals surface area contributed by atoms with Crippen LogP contribution in [0.15, 0.2) is 59.6 Å². The summed E-state index contributed by atoms with van der Waals surface area (Å²) >= 11 is 9.47. The summed E-state index contributed by atoms with van der Waals surface area (Å²) in [6.45, 7) is 0.712. The minimum atomic E-state index is 0.712. The van der Waals surface area contributed by atoms with Crippen LogP contribution in [-0.4, -0.2) is 14.8 Å². The molecule has 1 aromatic heterocycles. The summed E-state index contributed by atoms with van der Waals surface area (Å²) in [6, 6.07) is 13.9. The molecule has 2 aromatic carbocycles. The molecule has 0 aliphatic carbocycles. The Kier molecular flexibility index (Phi) is 4.22. The average molecular weight is 364 g/mol. The van der Waals surface area contributed by atoms with E-state index in [0.29, 0.717) is 6.54 Å². The first-order valence-electron chi connectivity index (χ1n) is 6.35. The van der Waals surface area contributed by atoms with Gasteiger partial charge in [-0.1, -0.05) is 39.7 Å². The van der Waals surface area contributed by atoms with Crippen LogP contribution in [0.25, 0.3) is 5.69 Å².